The molecule has 2 N–H and O–H groups in total. The zero-order valence-corrected chi connectivity index (χ0v) is 13.5. The fourth-order valence-corrected chi connectivity index (χ4v) is 2.33. The summed E-state index contributed by atoms with van der Waals surface area (Å²) in [5.74, 6) is 12.6. The number of hydrogen-bond donors (Lipinski definition) is 1. The van der Waals surface area contributed by atoms with E-state index in [1.165, 1.54) is 0 Å². The van der Waals surface area contributed by atoms with Crippen LogP contribution in [0.25, 0.3) is 0 Å². The highest BCUT2D eigenvalue weighted by molar-refractivity contribution is 5.68. The number of nitrogens with two attached hydrogens (primary N) is 1. The van der Waals surface area contributed by atoms with Gasteiger partial charge in [0.05, 0.1) is 5.69 Å². The summed E-state index contributed by atoms with van der Waals surface area (Å²) in [6, 6.07) is 23.8. The van der Waals surface area contributed by atoms with Gasteiger partial charge in [0.1, 0.15) is 0 Å². The fraction of sp³-hybridized carbons (Fsp3) is 0.0435. The maximum atomic E-state index is 6.28. The SMILES string of the molecule is Cc1cc(C#Cc2ccccc2)c(N)c(C#Cc2ccccc2)c1. The van der Waals surface area contributed by atoms with Crippen molar-refractivity contribution in [3.63, 3.8) is 0 Å². The summed E-state index contributed by atoms with van der Waals surface area (Å²) >= 11 is 0. The van der Waals surface area contributed by atoms with Crippen molar-refractivity contribution < 1.29 is 0 Å². The molecule has 0 fully saturated rings. The lowest BCUT2D eigenvalue weighted by Gasteiger charge is -2.04. The first-order chi connectivity index (χ1) is 11.7. The third kappa shape index (κ3) is 3.86. The molecule has 0 saturated carbocycles. The molecule has 24 heavy (non-hydrogen) atoms. The molecule has 0 aliphatic heterocycles. The summed E-state index contributed by atoms with van der Waals surface area (Å²) in [5, 5.41) is 0. The zero-order chi connectivity index (χ0) is 16.8. The Morgan fingerprint density at radius 3 is 1.46 bits per heavy atom. The number of rotatable bonds is 0. The van der Waals surface area contributed by atoms with Crippen LogP contribution >= 0.6 is 0 Å². The summed E-state index contributed by atoms with van der Waals surface area (Å²) in [6.45, 7) is 2.03. The Labute approximate surface area is 143 Å². The topological polar surface area (TPSA) is 26.0 Å². The largest absolute Gasteiger partial charge is 0.397 e. The van der Waals surface area contributed by atoms with Crippen LogP contribution in [0.15, 0.2) is 72.8 Å². The van der Waals surface area contributed by atoms with E-state index >= 15 is 0 Å². The van der Waals surface area contributed by atoms with Gasteiger partial charge in [0, 0.05) is 22.3 Å². The normalized spacial score (nSPS) is 9.38. The van der Waals surface area contributed by atoms with E-state index < -0.39 is 0 Å². The van der Waals surface area contributed by atoms with E-state index in [2.05, 4.69) is 23.7 Å². The Bertz CT molecular complexity index is 884. The second-order valence-electron chi connectivity index (χ2n) is 5.51. The molecule has 3 rings (SSSR count). The average Bonchev–Trinajstić information content (AvgIpc) is 2.62. The maximum Gasteiger partial charge on any atom is 0.0632 e. The minimum atomic E-state index is 0.632. The Balaban J connectivity index is 1.97. The first-order valence-corrected chi connectivity index (χ1v) is 7.76. The number of hydrogen-bond acceptors (Lipinski definition) is 1. The van der Waals surface area contributed by atoms with Gasteiger partial charge in [-0.3, -0.25) is 0 Å². The summed E-state index contributed by atoms with van der Waals surface area (Å²) in [5.41, 5.74) is 11.6. The van der Waals surface area contributed by atoms with E-state index in [0.29, 0.717) is 5.69 Å². The Morgan fingerprint density at radius 2 is 1.04 bits per heavy atom. The molecule has 0 aliphatic carbocycles. The number of nitrogen functional groups attached to an aromatic ring is 1. The van der Waals surface area contributed by atoms with Gasteiger partial charge < -0.3 is 5.73 Å². The Kier molecular flexibility index (Phi) is 4.66. The van der Waals surface area contributed by atoms with Crippen molar-refractivity contribution in [3.8, 4) is 23.7 Å². The van der Waals surface area contributed by atoms with Crippen LogP contribution in [0.3, 0.4) is 0 Å². The Hall–Kier alpha value is -3.42. The van der Waals surface area contributed by atoms with Crippen molar-refractivity contribution in [1.29, 1.82) is 0 Å². The van der Waals surface area contributed by atoms with Crippen LogP contribution in [0.5, 0.6) is 0 Å². The fourth-order valence-electron chi connectivity index (χ4n) is 2.33. The second-order valence-corrected chi connectivity index (χ2v) is 5.51. The molecule has 114 valence electrons. The van der Waals surface area contributed by atoms with Crippen molar-refractivity contribution in [2.24, 2.45) is 0 Å². The summed E-state index contributed by atoms with van der Waals surface area (Å²) < 4.78 is 0. The first-order valence-electron chi connectivity index (χ1n) is 7.76. The van der Waals surface area contributed by atoms with Crippen LogP contribution < -0.4 is 5.73 Å². The molecule has 0 radical (unpaired) electrons. The molecule has 0 aliphatic rings. The third-order valence-corrected chi connectivity index (χ3v) is 3.55. The van der Waals surface area contributed by atoms with Gasteiger partial charge in [0.2, 0.25) is 0 Å². The van der Waals surface area contributed by atoms with E-state index in [-0.39, 0.29) is 0 Å². The molecule has 3 aromatic carbocycles. The molecule has 0 saturated heterocycles. The summed E-state index contributed by atoms with van der Waals surface area (Å²) in [6.07, 6.45) is 0. The van der Waals surface area contributed by atoms with Gasteiger partial charge in [0.25, 0.3) is 0 Å². The van der Waals surface area contributed by atoms with Crippen molar-refractivity contribution >= 4 is 5.69 Å². The highest BCUT2D eigenvalue weighted by Gasteiger charge is 2.03. The van der Waals surface area contributed by atoms with Crippen LogP contribution in [0.2, 0.25) is 0 Å². The second kappa shape index (κ2) is 7.23. The molecule has 0 heterocycles. The molecule has 0 bridgehead atoms. The highest BCUT2D eigenvalue weighted by Crippen LogP contribution is 2.19. The van der Waals surface area contributed by atoms with Crippen LogP contribution in [0, 0.1) is 30.6 Å². The average molecular weight is 307 g/mol. The molecular formula is C23H17N. The number of anilines is 1. The van der Waals surface area contributed by atoms with Crippen LogP contribution in [0.4, 0.5) is 5.69 Å². The predicted octanol–water partition coefficient (Wildman–Crippen LogP) is 4.38. The van der Waals surface area contributed by atoms with Crippen molar-refractivity contribution in [3.05, 3.63) is 101 Å². The van der Waals surface area contributed by atoms with Crippen molar-refractivity contribution in [1.82, 2.24) is 0 Å². The molecule has 1 nitrogen and oxygen atoms in total. The molecule has 1 heteroatoms. The first kappa shape index (κ1) is 15.5. The monoisotopic (exact) mass is 307 g/mol. The van der Waals surface area contributed by atoms with E-state index in [4.69, 9.17) is 5.73 Å². The standard InChI is InChI=1S/C23H17N/c1-18-16-21(14-12-19-8-4-2-5-9-19)23(24)22(17-18)15-13-20-10-6-3-7-11-20/h2-11,16-17H,24H2,1H3. The van der Waals surface area contributed by atoms with Gasteiger partial charge >= 0.3 is 0 Å². The van der Waals surface area contributed by atoms with E-state index in [1.54, 1.807) is 0 Å². The minimum absolute atomic E-state index is 0.632. The van der Waals surface area contributed by atoms with Crippen molar-refractivity contribution in [2.75, 3.05) is 5.73 Å². The van der Waals surface area contributed by atoms with E-state index in [9.17, 15) is 0 Å². The summed E-state index contributed by atoms with van der Waals surface area (Å²) in [4.78, 5) is 0. The van der Waals surface area contributed by atoms with Gasteiger partial charge in [-0.2, -0.15) is 0 Å². The lowest BCUT2D eigenvalue weighted by Crippen LogP contribution is -1.96. The van der Waals surface area contributed by atoms with Crippen LogP contribution in [0.1, 0.15) is 27.8 Å². The van der Waals surface area contributed by atoms with Crippen molar-refractivity contribution in [2.45, 2.75) is 6.92 Å². The highest BCUT2D eigenvalue weighted by atomic mass is 14.6. The van der Waals surface area contributed by atoms with Crippen LogP contribution in [-0.2, 0) is 0 Å². The maximum absolute atomic E-state index is 6.28. The Morgan fingerprint density at radius 1 is 0.625 bits per heavy atom. The van der Waals surface area contributed by atoms with Crippen LogP contribution in [-0.4, -0.2) is 0 Å². The molecular weight excluding hydrogens is 290 g/mol. The molecule has 0 amide bonds. The van der Waals surface area contributed by atoms with Gasteiger partial charge in [-0.05, 0) is 48.9 Å². The third-order valence-electron chi connectivity index (χ3n) is 3.55. The lowest BCUT2D eigenvalue weighted by molar-refractivity contribution is 1.43. The molecule has 0 aromatic heterocycles. The minimum Gasteiger partial charge on any atom is -0.397 e. The molecule has 0 unspecified atom stereocenters. The van der Waals surface area contributed by atoms with Gasteiger partial charge in [-0.25, -0.2) is 0 Å². The number of aryl methyl sites for hydroxylation is 1. The smallest absolute Gasteiger partial charge is 0.0632 e. The predicted molar refractivity (Wildman–Crippen MR) is 100 cm³/mol. The zero-order valence-electron chi connectivity index (χ0n) is 13.5. The van der Waals surface area contributed by atoms with Gasteiger partial charge in [0.15, 0.2) is 0 Å². The van der Waals surface area contributed by atoms with Gasteiger partial charge in [-0.15, -0.1) is 0 Å². The van der Waals surface area contributed by atoms with Gasteiger partial charge in [-0.1, -0.05) is 60.1 Å². The van der Waals surface area contributed by atoms with E-state index in [0.717, 1.165) is 27.8 Å². The molecule has 0 spiro atoms. The number of benzene rings is 3. The quantitative estimate of drug-likeness (QED) is 0.484. The summed E-state index contributed by atoms with van der Waals surface area (Å²) in [7, 11) is 0. The molecule has 3 aromatic rings. The molecule has 0 atom stereocenters. The lowest BCUT2D eigenvalue weighted by atomic mass is 10.0. The van der Waals surface area contributed by atoms with E-state index in [1.807, 2.05) is 79.7 Å².